The second kappa shape index (κ2) is 9.14. The van der Waals surface area contributed by atoms with Gasteiger partial charge in [0.2, 0.25) is 12.7 Å². The largest absolute Gasteiger partial charge is 0.482 e. The molecule has 5 rings (SSSR count). The van der Waals surface area contributed by atoms with Gasteiger partial charge in [-0.1, -0.05) is 30.3 Å². The van der Waals surface area contributed by atoms with Gasteiger partial charge in [0.25, 0.3) is 11.8 Å². The molecule has 0 saturated carbocycles. The van der Waals surface area contributed by atoms with Gasteiger partial charge in [0.05, 0.1) is 16.9 Å². The lowest BCUT2D eigenvalue weighted by molar-refractivity contribution is -0.123. The minimum Gasteiger partial charge on any atom is -0.482 e. The molecular formula is C25H21N3O6. The summed E-state index contributed by atoms with van der Waals surface area (Å²) in [6, 6.07) is 19.2. The average Bonchev–Trinajstić information content (AvgIpc) is 3.33. The summed E-state index contributed by atoms with van der Waals surface area (Å²) in [4.78, 5) is 39.4. The number of nitrogens with zero attached hydrogens (tertiary/aromatic N) is 1. The van der Waals surface area contributed by atoms with E-state index in [1.54, 1.807) is 54.6 Å². The normalized spacial score (nSPS) is 13.6. The van der Waals surface area contributed by atoms with E-state index in [1.807, 2.05) is 12.1 Å². The van der Waals surface area contributed by atoms with Gasteiger partial charge in [-0.05, 0) is 42.0 Å². The number of amides is 3. The third-order valence-electron chi connectivity index (χ3n) is 5.45. The third-order valence-corrected chi connectivity index (χ3v) is 5.45. The van der Waals surface area contributed by atoms with Crippen molar-refractivity contribution in [2.75, 3.05) is 30.2 Å². The van der Waals surface area contributed by atoms with E-state index in [0.29, 0.717) is 34.2 Å². The quantitative estimate of drug-likeness (QED) is 0.587. The molecular weight excluding hydrogens is 438 g/mol. The maximum atomic E-state index is 12.9. The maximum Gasteiger partial charge on any atom is 0.265 e. The van der Waals surface area contributed by atoms with E-state index in [0.717, 1.165) is 5.56 Å². The summed E-state index contributed by atoms with van der Waals surface area (Å²) in [6.45, 7) is 0.117. The number of carbonyl (C=O) groups is 3. The van der Waals surface area contributed by atoms with Crippen molar-refractivity contribution >= 4 is 29.1 Å². The molecule has 0 aliphatic carbocycles. The molecule has 0 radical (unpaired) electrons. The first kappa shape index (κ1) is 21.3. The van der Waals surface area contributed by atoms with Gasteiger partial charge in [-0.2, -0.15) is 0 Å². The Balaban J connectivity index is 1.25. The fourth-order valence-electron chi connectivity index (χ4n) is 3.78. The van der Waals surface area contributed by atoms with Crippen molar-refractivity contribution in [1.29, 1.82) is 0 Å². The SMILES string of the molecule is O=C(CN1C(=O)COc2ccccc21)Nc1ccccc1C(=O)NCc1ccc2c(c1)OCO2. The molecule has 0 aromatic heterocycles. The maximum absolute atomic E-state index is 12.9. The van der Waals surface area contributed by atoms with E-state index in [2.05, 4.69) is 10.6 Å². The highest BCUT2D eigenvalue weighted by molar-refractivity contribution is 6.07. The van der Waals surface area contributed by atoms with Crippen molar-refractivity contribution in [2.24, 2.45) is 0 Å². The van der Waals surface area contributed by atoms with Gasteiger partial charge in [-0.25, -0.2) is 0 Å². The van der Waals surface area contributed by atoms with Crippen LogP contribution in [0.25, 0.3) is 0 Å². The lowest BCUT2D eigenvalue weighted by atomic mass is 10.1. The summed E-state index contributed by atoms with van der Waals surface area (Å²) in [5.41, 5.74) is 2.04. The number of anilines is 2. The number of rotatable bonds is 6. The van der Waals surface area contributed by atoms with Crippen LogP contribution >= 0.6 is 0 Å². The predicted molar refractivity (Wildman–Crippen MR) is 123 cm³/mol. The van der Waals surface area contributed by atoms with E-state index in [-0.39, 0.29) is 38.3 Å². The Morgan fingerprint density at radius 2 is 1.68 bits per heavy atom. The highest BCUT2D eigenvalue weighted by Crippen LogP contribution is 2.33. The summed E-state index contributed by atoms with van der Waals surface area (Å²) in [5.74, 6) is 0.757. The standard InChI is InChI=1S/C25H21N3O6/c29-23(13-28-19-7-3-4-8-20(19)32-14-24(28)30)27-18-6-2-1-5-17(18)25(31)26-12-16-9-10-21-22(11-16)34-15-33-21/h1-11H,12-15H2,(H,26,31)(H,27,29). The van der Waals surface area contributed by atoms with Crippen LogP contribution in [-0.2, 0) is 16.1 Å². The molecule has 2 N–H and O–H groups in total. The smallest absolute Gasteiger partial charge is 0.265 e. The van der Waals surface area contributed by atoms with E-state index >= 15 is 0 Å². The Morgan fingerprint density at radius 1 is 0.882 bits per heavy atom. The number of ether oxygens (including phenoxy) is 3. The van der Waals surface area contributed by atoms with Crippen LogP contribution in [0.3, 0.4) is 0 Å². The van der Waals surface area contributed by atoms with Gasteiger partial charge in [-0.15, -0.1) is 0 Å². The van der Waals surface area contributed by atoms with E-state index in [9.17, 15) is 14.4 Å². The van der Waals surface area contributed by atoms with Gasteiger partial charge in [0, 0.05) is 6.54 Å². The number of para-hydroxylation sites is 3. The van der Waals surface area contributed by atoms with Gasteiger partial charge >= 0.3 is 0 Å². The Kier molecular flexibility index (Phi) is 5.73. The Bertz CT molecular complexity index is 1280. The summed E-state index contributed by atoms with van der Waals surface area (Å²) in [7, 11) is 0. The first-order valence-corrected chi connectivity index (χ1v) is 10.7. The molecule has 0 unspecified atom stereocenters. The van der Waals surface area contributed by atoms with Crippen molar-refractivity contribution < 1.29 is 28.6 Å². The summed E-state index contributed by atoms with van der Waals surface area (Å²) < 4.78 is 16.1. The Morgan fingerprint density at radius 3 is 2.59 bits per heavy atom. The zero-order chi connectivity index (χ0) is 23.5. The van der Waals surface area contributed by atoms with Crippen molar-refractivity contribution in [3.05, 3.63) is 77.9 Å². The molecule has 3 aromatic carbocycles. The summed E-state index contributed by atoms with van der Waals surface area (Å²) in [6.07, 6.45) is 0. The number of hydrogen-bond donors (Lipinski definition) is 2. The van der Waals surface area contributed by atoms with Crippen LogP contribution < -0.4 is 29.7 Å². The Hall–Kier alpha value is -4.53. The fourth-order valence-corrected chi connectivity index (χ4v) is 3.78. The lowest BCUT2D eigenvalue weighted by Crippen LogP contribution is -2.43. The second-order valence-corrected chi connectivity index (χ2v) is 7.70. The monoisotopic (exact) mass is 459 g/mol. The molecule has 0 fully saturated rings. The molecule has 2 heterocycles. The van der Waals surface area contributed by atoms with Crippen LogP contribution in [-0.4, -0.2) is 37.7 Å². The van der Waals surface area contributed by atoms with Crippen LogP contribution in [0.5, 0.6) is 17.2 Å². The van der Waals surface area contributed by atoms with Crippen molar-refractivity contribution in [2.45, 2.75) is 6.54 Å². The Labute approximate surface area is 195 Å². The zero-order valence-corrected chi connectivity index (χ0v) is 18.1. The highest BCUT2D eigenvalue weighted by atomic mass is 16.7. The van der Waals surface area contributed by atoms with Crippen LogP contribution in [0.2, 0.25) is 0 Å². The second-order valence-electron chi connectivity index (χ2n) is 7.70. The lowest BCUT2D eigenvalue weighted by Gasteiger charge is -2.28. The molecule has 0 spiro atoms. The molecule has 2 aliphatic heterocycles. The fraction of sp³-hybridized carbons (Fsp3) is 0.160. The van der Waals surface area contributed by atoms with E-state index < -0.39 is 5.91 Å². The summed E-state index contributed by atoms with van der Waals surface area (Å²) >= 11 is 0. The number of nitrogens with one attached hydrogen (secondary N) is 2. The zero-order valence-electron chi connectivity index (χ0n) is 18.1. The van der Waals surface area contributed by atoms with Crippen LogP contribution in [0.4, 0.5) is 11.4 Å². The molecule has 9 nitrogen and oxygen atoms in total. The first-order valence-electron chi connectivity index (χ1n) is 10.7. The molecule has 2 aliphatic rings. The number of carbonyl (C=O) groups excluding carboxylic acids is 3. The molecule has 9 heteroatoms. The third kappa shape index (κ3) is 4.36. The average molecular weight is 459 g/mol. The highest BCUT2D eigenvalue weighted by Gasteiger charge is 2.27. The topological polar surface area (TPSA) is 106 Å². The first-order chi connectivity index (χ1) is 16.6. The molecule has 0 atom stereocenters. The summed E-state index contributed by atoms with van der Waals surface area (Å²) in [5, 5.41) is 5.61. The molecule has 0 saturated heterocycles. The van der Waals surface area contributed by atoms with Crippen LogP contribution in [0, 0.1) is 0 Å². The van der Waals surface area contributed by atoms with Crippen LogP contribution in [0.15, 0.2) is 66.7 Å². The van der Waals surface area contributed by atoms with Gasteiger partial charge < -0.3 is 24.8 Å². The number of hydrogen-bond acceptors (Lipinski definition) is 6. The van der Waals surface area contributed by atoms with Crippen molar-refractivity contribution in [1.82, 2.24) is 5.32 Å². The van der Waals surface area contributed by atoms with Crippen LogP contribution in [0.1, 0.15) is 15.9 Å². The molecule has 172 valence electrons. The molecule has 34 heavy (non-hydrogen) atoms. The van der Waals surface area contributed by atoms with E-state index in [4.69, 9.17) is 14.2 Å². The van der Waals surface area contributed by atoms with Crippen molar-refractivity contribution in [3.8, 4) is 17.2 Å². The minimum atomic E-state index is -0.430. The number of benzene rings is 3. The minimum absolute atomic E-state index is 0.136. The predicted octanol–water partition coefficient (Wildman–Crippen LogP) is 2.71. The molecule has 3 aromatic rings. The van der Waals surface area contributed by atoms with Gasteiger partial charge in [0.1, 0.15) is 12.3 Å². The van der Waals surface area contributed by atoms with E-state index in [1.165, 1.54) is 4.90 Å². The number of fused-ring (bicyclic) bond motifs is 2. The van der Waals surface area contributed by atoms with Crippen molar-refractivity contribution in [3.63, 3.8) is 0 Å². The molecule has 0 bridgehead atoms. The van der Waals surface area contributed by atoms with Gasteiger partial charge in [0.15, 0.2) is 18.1 Å². The molecule has 3 amide bonds. The van der Waals surface area contributed by atoms with Gasteiger partial charge in [-0.3, -0.25) is 19.3 Å².